The average molecular weight is 271 g/mol. The number of aryl methyl sites for hydroxylation is 2. The van der Waals surface area contributed by atoms with E-state index in [0.29, 0.717) is 5.82 Å². The van der Waals surface area contributed by atoms with Crippen molar-refractivity contribution in [3.05, 3.63) is 36.4 Å². The molecule has 2 heterocycles. The molecule has 1 N–H and O–H groups in total. The van der Waals surface area contributed by atoms with Gasteiger partial charge in [-0.1, -0.05) is 0 Å². The Labute approximate surface area is 107 Å². The summed E-state index contributed by atoms with van der Waals surface area (Å²) in [6, 6.07) is 0. The highest BCUT2D eigenvalue weighted by molar-refractivity contribution is 7.87. The predicted molar refractivity (Wildman–Crippen MR) is 68.3 cm³/mol. The number of hydrogen-bond acceptors (Lipinski definition) is 4. The number of aromatic nitrogens is 4. The fraction of sp³-hybridized carbons (Fsp3) is 0.400. The highest BCUT2D eigenvalue weighted by Crippen LogP contribution is 2.03. The van der Waals surface area contributed by atoms with Crippen LogP contribution >= 0.6 is 0 Å². The molecule has 18 heavy (non-hydrogen) atoms. The summed E-state index contributed by atoms with van der Waals surface area (Å²) in [5.41, 5.74) is 0. The Morgan fingerprint density at radius 1 is 1.22 bits per heavy atom. The lowest BCUT2D eigenvalue weighted by Gasteiger charge is -2.12. The zero-order valence-electron chi connectivity index (χ0n) is 10.8. The second kappa shape index (κ2) is 5.78. The largest absolute Gasteiger partial charge is 0.349 e. The molecule has 2 aromatic heterocycles. The maximum atomic E-state index is 11.5. The predicted octanol–water partition coefficient (Wildman–Crippen LogP) is 0.564. The van der Waals surface area contributed by atoms with Crippen molar-refractivity contribution in [2.24, 2.45) is 0 Å². The number of hydrogen-bond donors (Lipinski definition) is 1. The SMILES string of the molecule is Cc1ncc[nH]1.Cc1nccn1S(=O)(=O)N(C)C. The van der Waals surface area contributed by atoms with Crippen molar-refractivity contribution in [3.8, 4) is 0 Å². The molecular weight excluding hydrogens is 254 g/mol. The topological polar surface area (TPSA) is 83.9 Å². The van der Waals surface area contributed by atoms with Crippen LogP contribution in [-0.2, 0) is 10.2 Å². The monoisotopic (exact) mass is 271 g/mol. The fourth-order valence-electron chi connectivity index (χ4n) is 1.13. The first-order chi connectivity index (χ1) is 8.35. The zero-order chi connectivity index (χ0) is 13.8. The van der Waals surface area contributed by atoms with Crippen LogP contribution in [0.3, 0.4) is 0 Å². The molecule has 2 rings (SSSR count). The maximum Gasteiger partial charge on any atom is 0.308 e. The molecule has 8 heteroatoms. The lowest BCUT2D eigenvalue weighted by molar-refractivity contribution is 0.509. The van der Waals surface area contributed by atoms with Gasteiger partial charge >= 0.3 is 10.2 Å². The Morgan fingerprint density at radius 3 is 2.17 bits per heavy atom. The fourth-order valence-corrected chi connectivity index (χ4v) is 2.07. The summed E-state index contributed by atoms with van der Waals surface area (Å²) in [6.45, 7) is 3.56. The second-order valence-corrected chi connectivity index (χ2v) is 5.75. The standard InChI is InChI=1S/C6H11N3O2S.C4H6N2/c1-6-7-4-5-9(6)12(10,11)8(2)3;1-4-5-2-3-6-4/h4-5H,1-3H3;2-3H,1H3,(H,5,6). The number of aromatic amines is 1. The molecular formula is C10H17N5O2S. The van der Waals surface area contributed by atoms with E-state index < -0.39 is 10.2 Å². The molecule has 100 valence electrons. The Morgan fingerprint density at radius 2 is 1.89 bits per heavy atom. The van der Waals surface area contributed by atoms with Gasteiger partial charge in [0.25, 0.3) is 0 Å². The molecule has 0 saturated heterocycles. The minimum Gasteiger partial charge on any atom is -0.349 e. The minimum atomic E-state index is -3.38. The van der Waals surface area contributed by atoms with Crippen molar-refractivity contribution in [1.82, 2.24) is 23.2 Å². The van der Waals surface area contributed by atoms with Crippen LogP contribution in [-0.4, -0.2) is 45.7 Å². The van der Waals surface area contributed by atoms with Crippen molar-refractivity contribution in [2.45, 2.75) is 13.8 Å². The molecule has 0 fully saturated rings. The van der Waals surface area contributed by atoms with E-state index in [0.717, 1.165) is 14.1 Å². The van der Waals surface area contributed by atoms with E-state index in [1.165, 1.54) is 26.5 Å². The third kappa shape index (κ3) is 3.41. The minimum absolute atomic E-state index is 0.462. The average Bonchev–Trinajstić information content (AvgIpc) is 2.90. The summed E-state index contributed by atoms with van der Waals surface area (Å²) in [5, 5.41) is 0. The summed E-state index contributed by atoms with van der Waals surface area (Å²) in [7, 11) is -0.415. The van der Waals surface area contributed by atoms with Crippen LogP contribution in [0.2, 0.25) is 0 Å². The molecule has 0 radical (unpaired) electrons. The summed E-state index contributed by atoms with van der Waals surface area (Å²) in [4.78, 5) is 10.6. The van der Waals surface area contributed by atoms with Gasteiger partial charge in [0.1, 0.15) is 11.6 Å². The van der Waals surface area contributed by atoms with Crippen LogP contribution in [0.4, 0.5) is 0 Å². The van der Waals surface area contributed by atoms with Crippen LogP contribution in [0.5, 0.6) is 0 Å². The smallest absolute Gasteiger partial charge is 0.308 e. The van der Waals surface area contributed by atoms with Gasteiger partial charge in [0, 0.05) is 38.9 Å². The lowest BCUT2D eigenvalue weighted by atomic mass is 10.8. The lowest BCUT2D eigenvalue weighted by Crippen LogP contribution is -2.29. The van der Waals surface area contributed by atoms with E-state index >= 15 is 0 Å². The van der Waals surface area contributed by atoms with E-state index in [-0.39, 0.29) is 0 Å². The van der Waals surface area contributed by atoms with Crippen LogP contribution < -0.4 is 0 Å². The van der Waals surface area contributed by atoms with E-state index in [1.807, 2.05) is 6.92 Å². The summed E-state index contributed by atoms with van der Waals surface area (Å²) in [5.74, 6) is 1.43. The molecule has 0 saturated carbocycles. The number of nitrogens with zero attached hydrogens (tertiary/aromatic N) is 4. The van der Waals surface area contributed by atoms with Crippen molar-refractivity contribution in [3.63, 3.8) is 0 Å². The van der Waals surface area contributed by atoms with Gasteiger partial charge in [0.15, 0.2) is 0 Å². The molecule has 0 aliphatic rings. The van der Waals surface area contributed by atoms with E-state index in [9.17, 15) is 8.42 Å². The van der Waals surface area contributed by atoms with Gasteiger partial charge in [-0.3, -0.25) is 0 Å². The summed E-state index contributed by atoms with van der Waals surface area (Å²) >= 11 is 0. The van der Waals surface area contributed by atoms with Gasteiger partial charge in [0.2, 0.25) is 0 Å². The molecule has 0 spiro atoms. The van der Waals surface area contributed by atoms with Crippen molar-refractivity contribution in [2.75, 3.05) is 14.1 Å². The zero-order valence-corrected chi connectivity index (χ0v) is 11.6. The van der Waals surface area contributed by atoms with Crippen LogP contribution in [0.15, 0.2) is 24.8 Å². The molecule has 0 atom stereocenters. The molecule has 0 aromatic carbocycles. The molecule has 7 nitrogen and oxygen atoms in total. The Balaban J connectivity index is 0.000000225. The normalized spacial score (nSPS) is 11.2. The first kappa shape index (κ1) is 14.4. The first-order valence-corrected chi connectivity index (χ1v) is 6.64. The van der Waals surface area contributed by atoms with Gasteiger partial charge in [-0.15, -0.1) is 0 Å². The maximum absolute atomic E-state index is 11.5. The van der Waals surface area contributed by atoms with Crippen molar-refractivity contribution >= 4 is 10.2 Å². The van der Waals surface area contributed by atoms with E-state index in [4.69, 9.17) is 0 Å². The molecule has 0 amide bonds. The van der Waals surface area contributed by atoms with Gasteiger partial charge in [-0.2, -0.15) is 12.7 Å². The molecule has 0 aliphatic heterocycles. The summed E-state index contributed by atoms with van der Waals surface area (Å²) < 4.78 is 25.2. The van der Waals surface area contributed by atoms with Crippen LogP contribution in [0.25, 0.3) is 0 Å². The third-order valence-corrected chi connectivity index (χ3v) is 3.93. The van der Waals surface area contributed by atoms with E-state index in [2.05, 4.69) is 15.0 Å². The molecule has 2 aromatic rings. The quantitative estimate of drug-likeness (QED) is 0.865. The molecule has 0 bridgehead atoms. The first-order valence-electron chi connectivity index (χ1n) is 5.24. The van der Waals surface area contributed by atoms with Gasteiger partial charge < -0.3 is 4.98 Å². The number of nitrogens with one attached hydrogen (secondary N) is 1. The highest BCUT2D eigenvalue weighted by atomic mass is 32.2. The van der Waals surface area contributed by atoms with Crippen molar-refractivity contribution < 1.29 is 8.42 Å². The Hall–Kier alpha value is -1.67. The van der Waals surface area contributed by atoms with Crippen LogP contribution in [0, 0.1) is 13.8 Å². The highest BCUT2D eigenvalue weighted by Gasteiger charge is 2.17. The van der Waals surface area contributed by atoms with Crippen molar-refractivity contribution in [1.29, 1.82) is 0 Å². The Kier molecular flexibility index (Phi) is 4.62. The van der Waals surface area contributed by atoms with Gasteiger partial charge in [-0.25, -0.2) is 13.9 Å². The second-order valence-electron chi connectivity index (χ2n) is 3.74. The number of H-pyrrole nitrogens is 1. The van der Waals surface area contributed by atoms with Gasteiger partial charge in [0.05, 0.1) is 0 Å². The molecule has 0 unspecified atom stereocenters. The van der Waals surface area contributed by atoms with Crippen LogP contribution in [0.1, 0.15) is 11.6 Å². The summed E-state index contributed by atoms with van der Waals surface area (Å²) in [6.07, 6.45) is 6.41. The number of imidazole rings is 2. The van der Waals surface area contributed by atoms with E-state index in [1.54, 1.807) is 19.3 Å². The number of rotatable bonds is 2. The Bertz CT molecular complexity index is 571. The molecule has 0 aliphatic carbocycles. The third-order valence-electron chi connectivity index (χ3n) is 2.13. The van der Waals surface area contributed by atoms with Gasteiger partial charge in [-0.05, 0) is 13.8 Å².